The molecule has 3 aromatic rings. The summed E-state index contributed by atoms with van der Waals surface area (Å²) in [5.74, 6) is 0.180. The van der Waals surface area contributed by atoms with Crippen molar-refractivity contribution in [1.29, 1.82) is 0 Å². The third-order valence-electron chi connectivity index (χ3n) is 5.89. The van der Waals surface area contributed by atoms with E-state index in [1.165, 1.54) is 0 Å². The van der Waals surface area contributed by atoms with Gasteiger partial charge < -0.3 is 20.1 Å². The zero-order valence-corrected chi connectivity index (χ0v) is 19.6. The minimum absolute atomic E-state index is 0.247. The summed E-state index contributed by atoms with van der Waals surface area (Å²) in [7, 11) is 0. The van der Waals surface area contributed by atoms with Gasteiger partial charge in [-0.3, -0.25) is 0 Å². The molecule has 6 nitrogen and oxygen atoms in total. The van der Waals surface area contributed by atoms with Gasteiger partial charge in [-0.25, -0.2) is 9.59 Å². The van der Waals surface area contributed by atoms with Crippen molar-refractivity contribution in [2.24, 2.45) is 0 Å². The molecular formula is C28H30N2O4. The van der Waals surface area contributed by atoms with E-state index < -0.39 is 12.0 Å². The van der Waals surface area contributed by atoms with E-state index in [0.717, 1.165) is 34.7 Å². The fourth-order valence-corrected chi connectivity index (χ4v) is 4.27. The highest BCUT2D eigenvalue weighted by atomic mass is 16.5. The van der Waals surface area contributed by atoms with E-state index in [0.29, 0.717) is 30.0 Å². The SMILES string of the molecule is CCCCC1=C(C(=O)OCC)C(c2c(OCc3ccccc3)ccc3ccccc23)NC(=O)N1. The first kappa shape index (κ1) is 23.4. The number of esters is 1. The predicted octanol–water partition coefficient (Wildman–Crippen LogP) is 5.78. The Balaban J connectivity index is 1.85. The number of hydrogen-bond donors (Lipinski definition) is 2. The predicted molar refractivity (Wildman–Crippen MR) is 132 cm³/mol. The molecule has 3 aromatic carbocycles. The molecule has 34 heavy (non-hydrogen) atoms. The van der Waals surface area contributed by atoms with Crippen molar-refractivity contribution in [2.45, 2.75) is 45.8 Å². The van der Waals surface area contributed by atoms with Gasteiger partial charge in [-0.15, -0.1) is 0 Å². The molecule has 2 amide bonds. The smallest absolute Gasteiger partial charge is 0.338 e. The van der Waals surface area contributed by atoms with Crippen molar-refractivity contribution in [2.75, 3.05) is 6.61 Å². The van der Waals surface area contributed by atoms with Crippen LogP contribution >= 0.6 is 0 Å². The first-order valence-corrected chi connectivity index (χ1v) is 11.8. The lowest BCUT2D eigenvalue weighted by Crippen LogP contribution is -2.46. The third kappa shape index (κ3) is 5.06. The lowest BCUT2D eigenvalue weighted by atomic mass is 9.89. The van der Waals surface area contributed by atoms with Crippen LogP contribution in [0, 0.1) is 0 Å². The van der Waals surface area contributed by atoms with Gasteiger partial charge in [0.2, 0.25) is 0 Å². The number of unbranched alkanes of at least 4 members (excludes halogenated alkanes) is 1. The van der Waals surface area contributed by atoms with Crippen LogP contribution in [0.2, 0.25) is 0 Å². The molecule has 0 spiro atoms. The van der Waals surface area contributed by atoms with Crippen LogP contribution in [-0.4, -0.2) is 18.6 Å². The van der Waals surface area contributed by atoms with Gasteiger partial charge in [-0.1, -0.05) is 74.0 Å². The number of carbonyl (C=O) groups is 2. The Morgan fingerprint density at radius 1 is 0.971 bits per heavy atom. The monoisotopic (exact) mass is 458 g/mol. The molecule has 1 heterocycles. The van der Waals surface area contributed by atoms with Gasteiger partial charge in [-0.2, -0.15) is 0 Å². The van der Waals surface area contributed by atoms with Crippen molar-refractivity contribution >= 4 is 22.8 Å². The average Bonchev–Trinajstić information content (AvgIpc) is 2.86. The summed E-state index contributed by atoms with van der Waals surface area (Å²) in [6.45, 7) is 4.47. The molecule has 2 N–H and O–H groups in total. The number of rotatable bonds is 9. The Morgan fingerprint density at radius 2 is 1.74 bits per heavy atom. The largest absolute Gasteiger partial charge is 0.489 e. The zero-order chi connectivity index (χ0) is 23.9. The second-order valence-corrected chi connectivity index (χ2v) is 8.22. The number of hydrogen-bond acceptors (Lipinski definition) is 4. The topological polar surface area (TPSA) is 76.7 Å². The summed E-state index contributed by atoms with van der Waals surface area (Å²) in [5.41, 5.74) is 2.81. The van der Waals surface area contributed by atoms with Crippen molar-refractivity contribution in [3.63, 3.8) is 0 Å². The average molecular weight is 459 g/mol. The Bertz CT molecular complexity index is 1200. The maximum Gasteiger partial charge on any atom is 0.338 e. The Kier molecular flexibility index (Phi) is 7.48. The molecule has 6 heteroatoms. The summed E-state index contributed by atoms with van der Waals surface area (Å²) < 4.78 is 11.7. The summed E-state index contributed by atoms with van der Waals surface area (Å²) >= 11 is 0. The van der Waals surface area contributed by atoms with Crippen molar-refractivity contribution in [3.8, 4) is 5.75 Å². The number of amides is 2. The van der Waals surface area contributed by atoms with Gasteiger partial charge >= 0.3 is 12.0 Å². The molecule has 0 fully saturated rings. The fourth-order valence-electron chi connectivity index (χ4n) is 4.27. The Morgan fingerprint density at radius 3 is 2.50 bits per heavy atom. The van der Waals surface area contributed by atoms with E-state index >= 15 is 0 Å². The Hall–Kier alpha value is -3.80. The fraction of sp³-hybridized carbons (Fsp3) is 0.286. The summed E-state index contributed by atoms with van der Waals surface area (Å²) in [5, 5.41) is 7.73. The van der Waals surface area contributed by atoms with Gasteiger partial charge in [0.1, 0.15) is 12.4 Å². The molecule has 0 saturated carbocycles. The molecule has 1 aliphatic heterocycles. The molecule has 1 unspecified atom stereocenters. The summed E-state index contributed by atoms with van der Waals surface area (Å²) in [4.78, 5) is 25.9. The molecule has 0 saturated heterocycles. The number of allylic oxidation sites excluding steroid dienone is 1. The second kappa shape index (κ2) is 10.9. The van der Waals surface area contributed by atoms with Crippen LogP contribution in [0.5, 0.6) is 5.75 Å². The van der Waals surface area contributed by atoms with Crippen LogP contribution in [0.1, 0.15) is 50.3 Å². The normalized spacial score (nSPS) is 15.6. The quantitative estimate of drug-likeness (QED) is 0.399. The van der Waals surface area contributed by atoms with Crippen LogP contribution in [0.4, 0.5) is 4.79 Å². The van der Waals surface area contributed by atoms with Gasteiger partial charge in [0.05, 0.1) is 18.2 Å². The molecular weight excluding hydrogens is 428 g/mol. The molecule has 0 radical (unpaired) electrons. The minimum atomic E-state index is -0.698. The summed E-state index contributed by atoms with van der Waals surface area (Å²) in [6, 6.07) is 20.7. The molecule has 176 valence electrons. The van der Waals surface area contributed by atoms with E-state index in [1.54, 1.807) is 6.92 Å². The van der Waals surface area contributed by atoms with E-state index in [9.17, 15) is 9.59 Å². The van der Waals surface area contributed by atoms with Gasteiger partial charge in [0.25, 0.3) is 0 Å². The summed E-state index contributed by atoms with van der Waals surface area (Å²) in [6.07, 6.45) is 2.37. The maximum atomic E-state index is 13.2. The molecule has 0 aliphatic carbocycles. The van der Waals surface area contributed by atoms with E-state index in [2.05, 4.69) is 17.6 Å². The number of benzene rings is 3. The van der Waals surface area contributed by atoms with Crippen LogP contribution in [0.3, 0.4) is 0 Å². The van der Waals surface area contributed by atoms with Gasteiger partial charge in [-0.05, 0) is 42.2 Å². The first-order chi connectivity index (χ1) is 16.6. The van der Waals surface area contributed by atoms with Gasteiger partial charge in [0, 0.05) is 11.3 Å². The maximum absolute atomic E-state index is 13.2. The van der Waals surface area contributed by atoms with Crippen molar-refractivity contribution < 1.29 is 19.1 Å². The minimum Gasteiger partial charge on any atom is -0.489 e. The molecule has 0 aromatic heterocycles. The van der Waals surface area contributed by atoms with Crippen molar-refractivity contribution in [1.82, 2.24) is 10.6 Å². The van der Waals surface area contributed by atoms with Crippen LogP contribution in [0.15, 0.2) is 78.0 Å². The van der Waals surface area contributed by atoms with E-state index in [-0.39, 0.29) is 12.6 Å². The van der Waals surface area contributed by atoms with Crippen molar-refractivity contribution in [3.05, 3.63) is 89.1 Å². The number of nitrogens with one attached hydrogen (secondary N) is 2. The lowest BCUT2D eigenvalue weighted by Gasteiger charge is -2.31. The number of fused-ring (bicyclic) bond motifs is 1. The standard InChI is InChI=1S/C28H30N2O4/c1-3-5-15-22-25(27(31)33-4-2)26(30-28(32)29-22)24-21-14-10-9-13-20(21)16-17-23(24)34-18-19-11-7-6-8-12-19/h6-14,16-17,26H,3-5,15,18H2,1-2H3,(H2,29,30,32). The highest BCUT2D eigenvalue weighted by Gasteiger charge is 2.36. The molecule has 0 bridgehead atoms. The third-order valence-corrected chi connectivity index (χ3v) is 5.89. The highest BCUT2D eigenvalue weighted by molar-refractivity contribution is 5.98. The van der Waals surface area contributed by atoms with Gasteiger partial charge in [0.15, 0.2) is 0 Å². The molecule has 1 atom stereocenters. The number of ether oxygens (including phenoxy) is 2. The zero-order valence-electron chi connectivity index (χ0n) is 19.6. The Labute approximate surface area is 200 Å². The molecule has 1 aliphatic rings. The van der Waals surface area contributed by atoms with E-state index in [1.807, 2.05) is 66.7 Å². The van der Waals surface area contributed by atoms with Crippen LogP contribution in [0.25, 0.3) is 10.8 Å². The molecule has 4 rings (SSSR count). The number of carbonyl (C=O) groups excluding carboxylic acids is 2. The van der Waals surface area contributed by atoms with Crippen LogP contribution < -0.4 is 15.4 Å². The second-order valence-electron chi connectivity index (χ2n) is 8.22. The number of urea groups is 1. The lowest BCUT2D eigenvalue weighted by molar-refractivity contribution is -0.139. The van der Waals surface area contributed by atoms with Crippen LogP contribution in [-0.2, 0) is 16.1 Å². The highest BCUT2D eigenvalue weighted by Crippen LogP contribution is 2.39. The van der Waals surface area contributed by atoms with E-state index in [4.69, 9.17) is 9.47 Å². The first-order valence-electron chi connectivity index (χ1n) is 11.8.